The van der Waals surface area contributed by atoms with E-state index < -0.39 is 48.5 Å². The quantitative estimate of drug-likeness (QED) is 0.369. The maximum atomic E-state index is 11.7. The summed E-state index contributed by atoms with van der Waals surface area (Å²) >= 11 is 0. The van der Waals surface area contributed by atoms with Crippen LogP contribution in [-0.4, -0.2) is 53.6 Å². The van der Waals surface area contributed by atoms with Crippen molar-refractivity contribution >= 4 is 11.8 Å². The van der Waals surface area contributed by atoms with E-state index in [1.165, 1.54) is 0 Å². The van der Waals surface area contributed by atoms with E-state index in [0.717, 1.165) is 0 Å². The van der Waals surface area contributed by atoms with E-state index in [1.807, 2.05) is 0 Å². The predicted octanol–water partition coefficient (Wildman–Crippen LogP) is -1.47. The number of epoxide rings is 1. The smallest absolute Gasteiger partial charge is 0.372 e. The van der Waals surface area contributed by atoms with E-state index in [2.05, 4.69) is 21.9 Å². The summed E-state index contributed by atoms with van der Waals surface area (Å²) < 4.78 is 74.3. The molecule has 2 amide bonds. The van der Waals surface area contributed by atoms with Gasteiger partial charge in [0.25, 0.3) is 23.0 Å². The summed E-state index contributed by atoms with van der Waals surface area (Å²) in [5.74, 6) is -3.37. The highest BCUT2D eigenvalue weighted by Crippen LogP contribution is 2.43. The zero-order valence-corrected chi connectivity index (χ0v) is 10.1. The molecule has 21 heavy (non-hydrogen) atoms. The molecule has 1 saturated heterocycles. The lowest BCUT2D eigenvalue weighted by molar-refractivity contribution is -0.246. The molecule has 0 aromatic carbocycles. The molecule has 0 saturated carbocycles. The molecule has 7 N–H and O–H groups in total. The molecule has 7 nitrogen and oxygen atoms in total. The number of carbonyl (C=O) groups excluding carboxylic acids is 2. The van der Waals surface area contributed by atoms with Crippen LogP contribution >= 0.6 is 0 Å². The summed E-state index contributed by atoms with van der Waals surface area (Å²) in [7, 11) is 0. The van der Waals surface area contributed by atoms with Crippen LogP contribution in [0.4, 0.5) is 26.3 Å². The van der Waals surface area contributed by atoms with Crippen LogP contribution in [0.15, 0.2) is 0 Å². The fourth-order valence-corrected chi connectivity index (χ4v) is 0.874. The molecule has 0 radical (unpaired) electrons. The highest BCUT2D eigenvalue weighted by atomic mass is 19.4. The summed E-state index contributed by atoms with van der Waals surface area (Å²) in [6.07, 6.45) is -9.79. The molecule has 1 heterocycles. The van der Waals surface area contributed by atoms with Gasteiger partial charge in [0, 0.05) is 6.54 Å². The molecule has 0 aromatic heterocycles. The number of hydrogen-bond donors (Lipinski definition) is 4. The average molecular weight is 327 g/mol. The third-order valence-corrected chi connectivity index (χ3v) is 2.46. The molecule has 0 aliphatic carbocycles. The molecule has 0 aromatic rings. The van der Waals surface area contributed by atoms with Crippen LogP contribution in [0, 0.1) is 0 Å². The number of ether oxygens (including phenoxy) is 1. The van der Waals surface area contributed by atoms with Gasteiger partial charge >= 0.3 is 12.4 Å². The highest BCUT2D eigenvalue weighted by molar-refractivity contribution is 5.87. The molecule has 0 spiro atoms. The molecular formula is C8H11F6N3O4. The number of nitrogens with two attached hydrogens (primary N) is 3. The van der Waals surface area contributed by atoms with Gasteiger partial charge in [0.15, 0.2) is 0 Å². The van der Waals surface area contributed by atoms with Gasteiger partial charge in [0.05, 0.1) is 6.61 Å². The molecule has 0 bridgehead atoms. The second kappa shape index (κ2) is 5.65. The topological polar surface area (TPSA) is 145 Å². The van der Waals surface area contributed by atoms with Crippen LogP contribution in [0.25, 0.3) is 0 Å². The number of rotatable bonds is 3. The maximum absolute atomic E-state index is 11.7. The first-order valence-electron chi connectivity index (χ1n) is 4.95. The number of amides is 2. The van der Waals surface area contributed by atoms with Crippen molar-refractivity contribution in [1.29, 1.82) is 0 Å². The van der Waals surface area contributed by atoms with Crippen LogP contribution in [0.2, 0.25) is 0 Å². The van der Waals surface area contributed by atoms with Crippen LogP contribution in [0.1, 0.15) is 0 Å². The van der Waals surface area contributed by atoms with Crippen LogP contribution in [-0.2, 0) is 14.3 Å². The molecule has 1 rings (SSSR count). The summed E-state index contributed by atoms with van der Waals surface area (Å²) in [6, 6.07) is 0. The van der Waals surface area contributed by atoms with E-state index in [1.54, 1.807) is 0 Å². The van der Waals surface area contributed by atoms with Crippen molar-refractivity contribution in [1.82, 2.24) is 0 Å². The zero-order chi connectivity index (χ0) is 17.3. The van der Waals surface area contributed by atoms with Gasteiger partial charge < -0.3 is 27.0 Å². The molecule has 124 valence electrons. The number of primary amides is 2. The standard InChI is InChI=1S/C4H7F3N2O2.C4H4F3NO2/c5-4(6,7)3(11,1-8)2(9)10;5-4(6,7)3(1-10-3)2(8)9/h11H,1,8H2,(H2,9,10);1H2,(H2,8,9). The van der Waals surface area contributed by atoms with Crippen molar-refractivity contribution in [3.8, 4) is 0 Å². The molecule has 1 aliphatic rings. The summed E-state index contributed by atoms with van der Waals surface area (Å²) in [5, 5.41) is 8.51. The Kier molecular flexibility index (Phi) is 5.22. The molecule has 1 aliphatic heterocycles. The van der Waals surface area contributed by atoms with E-state index in [-0.39, 0.29) is 0 Å². The van der Waals surface area contributed by atoms with Gasteiger partial charge in [-0.3, -0.25) is 9.59 Å². The van der Waals surface area contributed by atoms with Crippen LogP contribution < -0.4 is 17.2 Å². The fourth-order valence-electron chi connectivity index (χ4n) is 0.874. The Labute approximate surface area is 113 Å². The molecule has 2 atom stereocenters. The van der Waals surface area contributed by atoms with Crippen molar-refractivity contribution in [2.24, 2.45) is 17.2 Å². The van der Waals surface area contributed by atoms with Gasteiger partial charge in [-0.05, 0) is 0 Å². The Balaban J connectivity index is 0.000000382. The van der Waals surface area contributed by atoms with Crippen molar-refractivity contribution in [3.63, 3.8) is 0 Å². The second-order valence-electron chi connectivity index (χ2n) is 3.90. The van der Waals surface area contributed by atoms with Crippen LogP contribution in [0.5, 0.6) is 0 Å². The van der Waals surface area contributed by atoms with Crippen molar-refractivity contribution < 1.29 is 45.8 Å². The molecule has 2 unspecified atom stereocenters. The Morgan fingerprint density at radius 1 is 1.14 bits per heavy atom. The van der Waals surface area contributed by atoms with Crippen molar-refractivity contribution in [2.75, 3.05) is 13.2 Å². The SMILES string of the molecule is NC(=O)C1(C(F)(F)F)CO1.NCC(O)(C(N)=O)C(F)(F)F. The number of hydrogen-bond acceptors (Lipinski definition) is 5. The van der Waals surface area contributed by atoms with Gasteiger partial charge in [-0.25, -0.2) is 0 Å². The number of carbonyl (C=O) groups is 2. The average Bonchev–Trinajstić information content (AvgIpc) is 3.06. The van der Waals surface area contributed by atoms with E-state index in [9.17, 15) is 35.9 Å². The van der Waals surface area contributed by atoms with Gasteiger partial charge in [-0.15, -0.1) is 0 Å². The monoisotopic (exact) mass is 327 g/mol. The normalized spacial score (nSPS) is 24.4. The minimum Gasteiger partial charge on any atom is -0.372 e. The number of alkyl halides is 6. The van der Waals surface area contributed by atoms with E-state index >= 15 is 0 Å². The zero-order valence-electron chi connectivity index (χ0n) is 10.1. The Bertz CT molecular complexity index is 419. The number of aliphatic hydroxyl groups is 1. The summed E-state index contributed by atoms with van der Waals surface area (Å²) in [6.45, 7) is -1.92. The minimum atomic E-state index is -5.12. The molecule has 1 fully saturated rings. The predicted molar refractivity (Wildman–Crippen MR) is 53.2 cm³/mol. The van der Waals surface area contributed by atoms with E-state index in [4.69, 9.17) is 5.11 Å². The van der Waals surface area contributed by atoms with Crippen molar-refractivity contribution in [2.45, 2.75) is 23.6 Å². The first-order valence-corrected chi connectivity index (χ1v) is 4.95. The van der Waals surface area contributed by atoms with Gasteiger partial charge in [0.1, 0.15) is 0 Å². The van der Waals surface area contributed by atoms with Gasteiger partial charge in [-0.2, -0.15) is 26.3 Å². The molecule has 13 heteroatoms. The lowest BCUT2D eigenvalue weighted by Gasteiger charge is -2.24. The lowest BCUT2D eigenvalue weighted by atomic mass is 10.0. The third kappa shape index (κ3) is 3.74. The maximum Gasteiger partial charge on any atom is 0.428 e. The van der Waals surface area contributed by atoms with Gasteiger partial charge in [0.2, 0.25) is 0 Å². The first-order chi connectivity index (χ1) is 9.15. The summed E-state index contributed by atoms with van der Waals surface area (Å²) in [5.41, 5.74) is 6.96. The second-order valence-corrected chi connectivity index (χ2v) is 3.90. The summed E-state index contributed by atoms with van der Waals surface area (Å²) in [4.78, 5) is 20.2. The van der Waals surface area contributed by atoms with Crippen molar-refractivity contribution in [3.05, 3.63) is 0 Å². The third-order valence-electron chi connectivity index (χ3n) is 2.46. The van der Waals surface area contributed by atoms with Gasteiger partial charge in [-0.1, -0.05) is 0 Å². The fraction of sp³-hybridized carbons (Fsp3) is 0.750. The van der Waals surface area contributed by atoms with Crippen LogP contribution in [0.3, 0.4) is 0 Å². The largest absolute Gasteiger partial charge is 0.428 e. The lowest BCUT2D eigenvalue weighted by Crippen LogP contribution is -2.60. The Hall–Kier alpha value is -1.60. The first kappa shape index (κ1) is 19.4. The minimum absolute atomic E-state index is 0.647. The van der Waals surface area contributed by atoms with E-state index in [0.29, 0.717) is 0 Å². The Morgan fingerprint density at radius 3 is 1.52 bits per heavy atom. The molecular weight excluding hydrogens is 316 g/mol. The highest BCUT2D eigenvalue weighted by Gasteiger charge is 2.70. The number of halogens is 6. The Morgan fingerprint density at radius 2 is 1.52 bits per heavy atom.